The van der Waals surface area contributed by atoms with Crippen LogP contribution in [0.1, 0.15) is 42.2 Å². The highest BCUT2D eigenvalue weighted by molar-refractivity contribution is 6.28. The lowest BCUT2D eigenvalue weighted by Gasteiger charge is -2.18. The van der Waals surface area contributed by atoms with Gasteiger partial charge >= 0.3 is 5.97 Å². The van der Waals surface area contributed by atoms with Crippen LogP contribution in [0.2, 0.25) is 0 Å². The van der Waals surface area contributed by atoms with Gasteiger partial charge in [-0.05, 0) is 24.3 Å². The van der Waals surface area contributed by atoms with E-state index in [0.717, 1.165) is 10.9 Å². The molecule has 33 heavy (non-hydrogen) atoms. The number of rotatable bonds is 4. The van der Waals surface area contributed by atoms with E-state index in [4.69, 9.17) is 4.74 Å². The van der Waals surface area contributed by atoms with E-state index >= 15 is 0 Å². The third-order valence-electron chi connectivity index (χ3n) is 5.66. The van der Waals surface area contributed by atoms with Gasteiger partial charge in [-0.3, -0.25) is 14.4 Å². The van der Waals surface area contributed by atoms with Gasteiger partial charge in [-0.2, -0.15) is 0 Å². The number of para-hydroxylation sites is 1. The van der Waals surface area contributed by atoms with Crippen LogP contribution in [-0.4, -0.2) is 34.6 Å². The van der Waals surface area contributed by atoms with E-state index in [2.05, 4.69) is 5.32 Å². The lowest BCUT2D eigenvalue weighted by atomic mass is 9.84. The Bertz CT molecular complexity index is 1480. The number of nitrogens with zero attached hydrogens (tertiary/aromatic N) is 1. The first-order chi connectivity index (χ1) is 15.9. The van der Waals surface area contributed by atoms with Crippen LogP contribution in [-0.2, 0) is 16.6 Å². The minimum Gasteiger partial charge on any atom is -0.452 e. The number of carbonyl (C=O) groups excluding carboxylic acids is 4. The molecule has 4 aromatic rings. The standard InChI is InChI=1S/C26H18N2O5/c1-28-13-21(16-6-4-5-9-22(16)28)26(32)33-14-23(29)27-15-10-11-19-20(12-15)25(31)18-8-3-2-7-17(18)24(19)30/h2-13H,14H2,1H3,(H,27,29). The van der Waals surface area contributed by atoms with Gasteiger partial charge in [0.25, 0.3) is 5.91 Å². The molecule has 0 radical (unpaired) electrons. The van der Waals surface area contributed by atoms with Crippen molar-refractivity contribution >= 4 is 40.0 Å². The molecule has 1 amide bonds. The highest BCUT2D eigenvalue weighted by atomic mass is 16.5. The summed E-state index contributed by atoms with van der Waals surface area (Å²) in [7, 11) is 1.83. The molecule has 1 N–H and O–H groups in total. The van der Waals surface area contributed by atoms with E-state index in [-0.39, 0.29) is 17.1 Å². The zero-order chi connectivity index (χ0) is 23.1. The molecule has 0 saturated heterocycles. The highest BCUT2D eigenvalue weighted by Crippen LogP contribution is 2.29. The quantitative estimate of drug-likeness (QED) is 0.431. The monoisotopic (exact) mass is 438 g/mol. The number of benzene rings is 3. The molecule has 1 aromatic heterocycles. The summed E-state index contributed by atoms with van der Waals surface area (Å²) in [6.45, 7) is -0.491. The Morgan fingerprint density at radius 2 is 1.48 bits per heavy atom. The van der Waals surface area contributed by atoms with Gasteiger partial charge in [0.1, 0.15) is 0 Å². The van der Waals surface area contributed by atoms with E-state index < -0.39 is 18.5 Å². The molecule has 3 aromatic carbocycles. The number of carbonyl (C=O) groups is 4. The van der Waals surface area contributed by atoms with Gasteiger partial charge in [0, 0.05) is 52.1 Å². The van der Waals surface area contributed by atoms with Crippen LogP contribution in [0.3, 0.4) is 0 Å². The summed E-state index contributed by atoms with van der Waals surface area (Å²) in [6.07, 6.45) is 1.66. The summed E-state index contributed by atoms with van der Waals surface area (Å²) in [4.78, 5) is 50.4. The second-order valence-electron chi connectivity index (χ2n) is 7.76. The second-order valence-corrected chi connectivity index (χ2v) is 7.76. The maximum atomic E-state index is 12.8. The molecule has 0 fully saturated rings. The Kier molecular flexibility index (Phi) is 4.86. The second kappa shape index (κ2) is 7.87. The number of esters is 1. The number of hydrogen-bond acceptors (Lipinski definition) is 5. The average molecular weight is 438 g/mol. The number of fused-ring (bicyclic) bond motifs is 3. The third-order valence-corrected chi connectivity index (χ3v) is 5.66. The minimum absolute atomic E-state index is 0.226. The van der Waals surface area contributed by atoms with Crippen molar-refractivity contribution in [2.75, 3.05) is 11.9 Å². The van der Waals surface area contributed by atoms with Crippen molar-refractivity contribution < 1.29 is 23.9 Å². The first-order valence-corrected chi connectivity index (χ1v) is 10.3. The molecular formula is C26H18N2O5. The lowest BCUT2D eigenvalue weighted by Crippen LogP contribution is -2.23. The van der Waals surface area contributed by atoms with Crippen LogP contribution in [0.5, 0.6) is 0 Å². The topological polar surface area (TPSA) is 94.5 Å². The van der Waals surface area contributed by atoms with Gasteiger partial charge in [0.15, 0.2) is 18.2 Å². The van der Waals surface area contributed by atoms with Crippen LogP contribution < -0.4 is 5.32 Å². The molecule has 1 aliphatic rings. The Morgan fingerprint density at radius 3 is 2.24 bits per heavy atom. The summed E-state index contributed by atoms with van der Waals surface area (Å²) in [6, 6.07) is 18.6. The fraction of sp³-hybridized carbons (Fsp3) is 0.0769. The first-order valence-electron chi connectivity index (χ1n) is 10.3. The summed E-state index contributed by atoms with van der Waals surface area (Å²) in [5, 5.41) is 3.36. The fourth-order valence-electron chi connectivity index (χ4n) is 4.09. The smallest absolute Gasteiger partial charge is 0.340 e. The van der Waals surface area contributed by atoms with Crippen LogP contribution in [0.15, 0.2) is 72.9 Å². The number of aromatic nitrogens is 1. The van der Waals surface area contributed by atoms with Crippen molar-refractivity contribution in [3.63, 3.8) is 0 Å². The van der Waals surface area contributed by atoms with E-state index in [1.54, 1.807) is 36.5 Å². The Labute approximate surface area is 188 Å². The predicted octanol–water partition coefficient (Wildman–Crippen LogP) is 3.75. The molecule has 0 saturated carbocycles. The zero-order valence-corrected chi connectivity index (χ0v) is 17.6. The Hall–Kier alpha value is -4.52. The molecule has 7 heteroatoms. The Balaban J connectivity index is 1.29. The van der Waals surface area contributed by atoms with Crippen LogP contribution in [0.4, 0.5) is 5.69 Å². The van der Waals surface area contributed by atoms with Gasteiger partial charge in [-0.15, -0.1) is 0 Å². The zero-order valence-electron chi connectivity index (χ0n) is 17.6. The summed E-state index contributed by atoms with van der Waals surface area (Å²) in [5.74, 6) is -1.68. The highest BCUT2D eigenvalue weighted by Gasteiger charge is 2.29. The minimum atomic E-state index is -0.607. The molecule has 1 heterocycles. The van der Waals surface area contributed by atoms with Gasteiger partial charge in [-0.1, -0.05) is 42.5 Å². The molecule has 1 aliphatic carbocycles. The normalized spacial score (nSPS) is 12.3. The van der Waals surface area contributed by atoms with E-state index in [9.17, 15) is 19.2 Å². The van der Waals surface area contributed by atoms with Crippen molar-refractivity contribution in [3.05, 3.63) is 101 Å². The lowest BCUT2D eigenvalue weighted by molar-refractivity contribution is -0.119. The van der Waals surface area contributed by atoms with Gasteiger partial charge < -0.3 is 14.6 Å². The molecule has 0 bridgehead atoms. The van der Waals surface area contributed by atoms with Gasteiger partial charge in [0.2, 0.25) is 0 Å². The molecule has 0 spiro atoms. The van der Waals surface area contributed by atoms with Crippen molar-refractivity contribution in [2.24, 2.45) is 7.05 Å². The first kappa shape index (κ1) is 20.4. The number of ether oxygens (including phenoxy) is 1. The van der Waals surface area contributed by atoms with E-state index in [1.165, 1.54) is 12.1 Å². The largest absolute Gasteiger partial charge is 0.452 e. The third kappa shape index (κ3) is 3.49. The summed E-state index contributed by atoms with van der Waals surface area (Å²) in [5.41, 5.74) is 2.81. The SMILES string of the molecule is Cn1cc(C(=O)OCC(=O)Nc2ccc3c(c2)C(=O)c2ccccc2C3=O)c2ccccc21. The van der Waals surface area contributed by atoms with Crippen LogP contribution in [0, 0.1) is 0 Å². The van der Waals surface area contributed by atoms with Crippen molar-refractivity contribution in [1.82, 2.24) is 4.57 Å². The van der Waals surface area contributed by atoms with Crippen molar-refractivity contribution in [2.45, 2.75) is 0 Å². The van der Waals surface area contributed by atoms with Crippen molar-refractivity contribution in [1.29, 1.82) is 0 Å². The predicted molar refractivity (Wildman–Crippen MR) is 122 cm³/mol. The van der Waals surface area contributed by atoms with E-state index in [1.807, 2.05) is 35.9 Å². The van der Waals surface area contributed by atoms with Crippen molar-refractivity contribution in [3.8, 4) is 0 Å². The van der Waals surface area contributed by atoms with Gasteiger partial charge in [0.05, 0.1) is 5.56 Å². The number of ketones is 2. The summed E-state index contributed by atoms with van der Waals surface area (Å²) < 4.78 is 7.01. The average Bonchev–Trinajstić information content (AvgIpc) is 3.18. The molecule has 0 aliphatic heterocycles. The van der Waals surface area contributed by atoms with Crippen LogP contribution in [0.25, 0.3) is 10.9 Å². The maximum absolute atomic E-state index is 12.8. The van der Waals surface area contributed by atoms with Crippen LogP contribution >= 0.6 is 0 Å². The fourth-order valence-corrected chi connectivity index (χ4v) is 4.09. The molecule has 0 unspecified atom stereocenters. The van der Waals surface area contributed by atoms with Gasteiger partial charge in [-0.25, -0.2) is 4.79 Å². The Morgan fingerprint density at radius 1 is 0.848 bits per heavy atom. The molecular weight excluding hydrogens is 420 g/mol. The molecule has 0 atom stereocenters. The van der Waals surface area contributed by atoms with E-state index in [0.29, 0.717) is 27.9 Å². The number of anilines is 1. The number of amides is 1. The number of nitrogens with one attached hydrogen (secondary N) is 1. The molecule has 5 rings (SSSR count). The summed E-state index contributed by atoms with van der Waals surface area (Å²) >= 11 is 0. The number of aryl methyl sites for hydroxylation is 1. The maximum Gasteiger partial charge on any atom is 0.340 e. The number of hydrogen-bond donors (Lipinski definition) is 1. The molecule has 162 valence electrons. The molecule has 7 nitrogen and oxygen atoms in total.